The summed E-state index contributed by atoms with van der Waals surface area (Å²) in [4.78, 5) is 49.5. The molecule has 0 spiro atoms. The molecule has 0 aromatic heterocycles. The van der Waals surface area contributed by atoms with E-state index in [1.54, 1.807) is 24.3 Å². The maximum absolute atomic E-state index is 12.5. The number of rotatable bonds is 9. The van der Waals surface area contributed by atoms with Crippen molar-refractivity contribution in [1.29, 1.82) is 0 Å². The van der Waals surface area contributed by atoms with Crippen LogP contribution in [0.4, 0.5) is 0 Å². The summed E-state index contributed by atoms with van der Waals surface area (Å²) in [6.45, 7) is 1.90. The molecule has 3 unspecified atom stereocenters. The van der Waals surface area contributed by atoms with Crippen molar-refractivity contribution in [1.82, 2.24) is 10.2 Å². The number of β-lactam (4-membered cyclic amide) rings is 1. The minimum atomic E-state index is -1.57. The summed E-state index contributed by atoms with van der Waals surface area (Å²) in [5.74, 6) is -2.43. The number of nitrogens with one attached hydrogen (secondary N) is 1. The van der Waals surface area contributed by atoms with Crippen LogP contribution in [0.25, 0.3) is 0 Å². The second kappa shape index (κ2) is 9.80. The van der Waals surface area contributed by atoms with Crippen LogP contribution in [0, 0.1) is 0 Å². The molecule has 10 heteroatoms. The van der Waals surface area contributed by atoms with Crippen LogP contribution >= 0.6 is 23.4 Å². The molecule has 2 amide bonds. The van der Waals surface area contributed by atoms with E-state index in [1.165, 1.54) is 0 Å². The van der Waals surface area contributed by atoms with Crippen molar-refractivity contribution in [2.45, 2.75) is 55.3 Å². The predicted molar refractivity (Wildman–Crippen MR) is 111 cm³/mol. The van der Waals surface area contributed by atoms with Gasteiger partial charge < -0.3 is 15.2 Å². The Kier molecular flexibility index (Phi) is 7.38. The number of carboxylic acids is 1. The number of Topliss-reactive ketones (excluding diaryl/α,β-unsaturated/α-hetero) is 1. The Morgan fingerprint density at radius 2 is 2.00 bits per heavy atom. The Hall–Kier alpha value is -2.10. The van der Waals surface area contributed by atoms with Gasteiger partial charge in [0.1, 0.15) is 17.5 Å². The second-order valence-corrected chi connectivity index (χ2v) is 8.83. The van der Waals surface area contributed by atoms with Crippen LogP contribution in [-0.2, 0) is 30.3 Å². The van der Waals surface area contributed by atoms with Gasteiger partial charge in [-0.3, -0.25) is 19.3 Å². The minimum Gasteiger partial charge on any atom is -0.479 e. The molecule has 2 aliphatic heterocycles. The number of aliphatic carboxylic acids is 1. The van der Waals surface area contributed by atoms with Gasteiger partial charge in [-0.1, -0.05) is 41.9 Å². The average molecular weight is 455 g/mol. The third kappa shape index (κ3) is 5.14. The van der Waals surface area contributed by atoms with Crippen molar-refractivity contribution in [2.24, 2.45) is 0 Å². The molecule has 30 heavy (non-hydrogen) atoms. The molecule has 1 aromatic carbocycles. The summed E-state index contributed by atoms with van der Waals surface area (Å²) in [5.41, 5.74) is -0.790. The zero-order chi connectivity index (χ0) is 21.8. The molecular weight excluding hydrogens is 432 g/mol. The Morgan fingerprint density at radius 1 is 1.30 bits per heavy atom. The largest absolute Gasteiger partial charge is 0.479 e. The third-order valence-corrected chi connectivity index (χ3v) is 6.73. The lowest BCUT2D eigenvalue weighted by Gasteiger charge is -2.47. The van der Waals surface area contributed by atoms with Gasteiger partial charge in [-0.25, -0.2) is 4.79 Å². The molecule has 0 bridgehead atoms. The Morgan fingerprint density at radius 3 is 2.60 bits per heavy atom. The number of hydrogen-bond acceptors (Lipinski definition) is 6. The van der Waals surface area contributed by atoms with Crippen LogP contribution in [-0.4, -0.2) is 68.5 Å². The lowest BCUT2D eigenvalue weighted by Crippen LogP contribution is -2.72. The number of carboxylic acid groups (broad SMARTS) is 1. The fourth-order valence-electron chi connectivity index (χ4n) is 3.46. The number of ether oxygens (including phenoxy) is 1. The van der Waals surface area contributed by atoms with Gasteiger partial charge in [0.2, 0.25) is 11.4 Å². The first-order chi connectivity index (χ1) is 14.3. The molecular formula is C20H23ClN2O6S. The van der Waals surface area contributed by atoms with Crippen molar-refractivity contribution in [3.8, 4) is 0 Å². The number of thioether (sulfide) groups is 1. The lowest BCUT2D eigenvalue weighted by atomic mass is 10.1. The van der Waals surface area contributed by atoms with E-state index in [-0.39, 0.29) is 30.0 Å². The molecule has 2 N–H and O–H groups in total. The standard InChI is InChI=1S/C20H23ClN2O6S/c1-11-7-8-14(29-11)13(24)10-30-19-16(18(26)23(19)17(21)20(27)28)22-15(25)9-12-5-3-2-4-6-12/h2-6,11,14,16-17,19H,7-10H2,1H3,(H,22,25)(H,27,28)/t11?,14?,16-,17?,19-/m1/s1. The zero-order valence-electron chi connectivity index (χ0n) is 16.3. The van der Waals surface area contributed by atoms with Gasteiger partial charge in [0.15, 0.2) is 5.78 Å². The Labute approximate surface area is 183 Å². The van der Waals surface area contributed by atoms with Crippen LogP contribution in [0.15, 0.2) is 30.3 Å². The van der Waals surface area contributed by atoms with Crippen LogP contribution in [0.5, 0.6) is 0 Å². The summed E-state index contributed by atoms with van der Waals surface area (Å²) in [7, 11) is 0. The van der Waals surface area contributed by atoms with Crippen molar-refractivity contribution in [3.05, 3.63) is 35.9 Å². The molecule has 2 fully saturated rings. The smallest absolute Gasteiger partial charge is 0.342 e. The number of carbonyl (C=O) groups excluding carboxylic acids is 3. The van der Waals surface area contributed by atoms with Crippen molar-refractivity contribution < 1.29 is 29.0 Å². The lowest BCUT2D eigenvalue weighted by molar-refractivity contribution is -0.157. The highest BCUT2D eigenvalue weighted by molar-refractivity contribution is 8.00. The fourth-order valence-corrected chi connectivity index (χ4v) is 5.03. The molecule has 162 valence electrons. The van der Waals surface area contributed by atoms with Crippen molar-refractivity contribution >= 4 is 46.9 Å². The molecule has 0 saturated carbocycles. The fraction of sp³-hybridized carbons (Fsp3) is 0.500. The van der Waals surface area contributed by atoms with E-state index in [9.17, 15) is 24.3 Å². The third-order valence-electron chi connectivity index (χ3n) is 5.04. The summed E-state index contributed by atoms with van der Waals surface area (Å²) in [6, 6.07) is 8.09. The number of likely N-dealkylation sites (tertiary alicyclic amines) is 1. The molecule has 8 nitrogen and oxygen atoms in total. The molecule has 0 radical (unpaired) electrons. The van der Waals surface area contributed by atoms with Gasteiger partial charge in [0, 0.05) is 0 Å². The highest BCUT2D eigenvalue weighted by Gasteiger charge is 2.53. The SMILES string of the molecule is CC1CCC(C(=O)CS[C@@H]2[C@H](NC(=O)Cc3ccccc3)C(=O)N2C(Cl)C(=O)O)O1. The summed E-state index contributed by atoms with van der Waals surface area (Å²) < 4.78 is 5.57. The first-order valence-electron chi connectivity index (χ1n) is 9.60. The number of alkyl halides is 1. The Balaban J connectivity index is 1.63. The molecule has 2 saturated heterocycles. The topological polar surface area (TPSA) is 113 Å². The van der Waals surface area contributed by atoms with Gasteiger partial charge in [0.05, 0.1) is 18.3 Å². The van der Waals surface area contributed by atoms with E-state index in [0.717, 1.165) is 28.6 Å². The number of ketones is 1. The number of amides is 2. The van der Waals surface area contributed by atoms with E-state index >= 15 is 0 Å². The van der Waals surface area contributed by atoms with Gasteiger partial charge >= 0.3 is 5.97 Å². The zero-order valence-corrected chi connectivity index (χ0v) is 17.9. The number of nitrogens with zero attached hydrogens (tertiary/aromatic N) is 1. The van der Waals surface area contributed by atoms with Crippen molar-refractivity contribution in [3.63, 3.8) is 0 Å². The van der Waals surface area contributed by atoms with E-state index in [4.69, 9.17) is 16.3 Å². The predicted octanol–water partition coefficient (Wildman–Crippen LogP) is 1.40. The van der Waals surface area contributed by atoms with Gasteiger partial charge in [-0.15, -0.1) is 11.8 Å². The monoisotopic (exact) mass is 454 g/mol. The molecule has 0 aliphatic carbocycles. The molecule has 5 atom stereocenters. The maximum atomic E-state index is 12.5. The molecule has 2 heterocycles. The highest BCUT2D eigenvalue weighted by Crippen LogP contribution is 2.34. The van der Waals surface area contributed by atoms with E-state index in [1.807, 2.05) is 13.0 Å². The van der Waals surface area contributed by atoms with Crippen LogP contribution in [0.1, 0.15) is 25.3 Å². The second-order valence-electron chi connectivity index (χ2n) is 7.31. The minimum absolute atomic E-state index is 0.0231. The van der Waals surface area contributed by atoms with Crippen LogP contribution < -0.4 is 5.32 Å². The number of halogens is 1. The van der Waals surface area contributed by atoms with Gasteiger partial charge in [-0.05, 0) is 25.3 Å². The summed E-state index contributed by atoms with van der Waals surface area (Å²) >= 11 is 6.96. The Bertz CT molecular complexity index is 823. The summed E-state index contributed by atoms with van der Waals surface area (Å²) in [5, 5.41) is 11.1. The quantitative estimate of drug-likeness (QED) is 0.329. The summed E-state index contributed by atoms with van der Waals surface area (Å²) in [6.07, 6.45) is 1.05. The van der Waals surface area contributed by atoms with Gasteiger partial charge in [0.25, 0.3) is 5.91 Å². The average Bonchev–Trinajstić information content (AvgIpc) is 3.15. The molecule has 3 rings (SSSR count). The first-order valence-corrected chi connectivity index (χ1v) is 11.1. The van der Waals surface area contributed by atoms with Crippen LogP contribution in [0.2, 0.25) is 0 Å². The maximum Gasteiger partial charge on any atom is 0.342 e. The normalized spacial score (nSPS) is 26.7. The molecule has 1 aromatic rings. The van der Waals surface area contributed by atoms with Crippen LogP contribution in [0.3, 0.4) is 0 Å². The van der Waals surface area contributed by atoms with Gasteiger partial charge in [-0.2, -0.15) is 0 Å². The van der Waals surface area contributed by atoms with Crippen molar-refractivity contribution in [2.75, 3.05) is 5.75 Å². The van der Waals surface area contributed by atoms with E-state index < -0.39 is 34.9 Å². The number of carbonyl (C=O) groups is 4. The number of hydrogen-bond donors (Lipinski definition) is 2. The molecule has 2 aliphatic rings. The first kappa shape index (κ1) is 22.6. The number of benzene rings is 1. The highest BCUT2D eigenvalue weighted by atomic mass is 35.5. The van der Waals surface area contributed by atoms with E-state index in [0.29, 0.717) is 6.42 Å². The van der Waals surface area contributed by atoms with E-state index in [2.05, 4.69) is 5.32 Å².